The van der Waals surface area contributed by atoms with E-state index in [-0.39, 0.29) is 0 Å². The fraction of sp³-hybridized carbons (Fsp3) is 0.346. The van der Waals surface area contributed by atoms with Gasteiger partial charge in [-0.1, -0.05) is 41.9 Å². The van der Waals surface area contributed by atoms with Crippen LogP contribution in [0.25, 0.3) is 33.2 Å². The van der Waals surface area contributed by atoms with Crippen LogP contribution in [0.4, 0.5) is 0 Å². The zero-order valence-corrected chi connectivity index (χ0v) is 18.7. The molecule has 1 saturated heterocycles. The predicted molar refractivity (Wildman–Crippen MR) is 129 cm³/mol. The van der Waals surface area contributed by atoms with Crippen molar-refractivity contribution in [3.05, 3.63) is 59.6 Å². The number of hydrogen-bond acceptors (Lipinski definition) is 3. The van der Waals surface area contributed by atoms with Gasteiger partial charge in [-0.05, 0) is 81.4 Å². The minimum atomic E-state index is 0.649. The number of aromatic nitrogens is 2. The van der Waals surface area contributed by atoms with Crippen LogP contribution in [-0.2, 0) is 0 Å². The molecule has 5 heteroatoms. The standard InChI is InChI=1S/C26H28ClN3O/c1-30-14-12-18(13-15-30)5-4-16-31-20-9-10-22(23(27)17-20)26-28-24-11-8-19-6-2-3-7-21(19)25(24)29-26/h2-3,6-11,17-18H,4-5,12-16H2,1H3,(H,28,29). The van der Waals surface area contributed by atoms with Crippen LogP contribution in [-0.4, -0.2) is 41.6 Å². The Balaban J connectivity index is 1.26. The third-order valence-corrected chi connectivity index (χ3v) is 6.75. The number of H-pyrrole nitrogens is 1. The highest BCUT2D eigenvalue weighted by atomic mass is 35.5. The van der Waals surface area contributed by atoms with E-state index in [2.05, 4.69) is 41.2 Å². The van der Waals surface area contributed by atoms with Gasteiger partial charge in [0, 0.05) is 10.9 Å². The summed E-state index contributed by atoms with van der Waals surface area (Å²) in [7, 11) is 2.21. The first-order chi connectivity index (χ1) is 15.2. The lowest BCUT2D eigenvalue weighted by Crippen LogP contribution is -2.30. The molecule has 4 nitrogen and oxygen atoms in total. The van der Waals surface area contributed by atoms with Crippen LogP contribution in [0.1, 0.15) is 25.7 Å². The fourth-order valence-electron chi connectivity index (χ4n) is 4.56. The number of benzene rings is 3. The van der Waals surface area contributed by atoms with Crippen LogP contribution in [0.5, 0.6) is 5.75 Å². The number of hydrogen-bond donors (Lipinski definition) is 1. The number of likely N-dealkylation sites (tertiary alicyclic amines) is 1. The zero-order valence-electron chi connectivity index (χ0n) is 17.9. The van der Waals surface area contributed by atoms with Crippen molar-refractivity contribution in [2.75, 3.05) is 26.7 Å². The maximum absolute atomic E-state index is 6.61. The summed E-state index contributed by atoms with van der Waals surface area (Å²) in [6, 6.07) is 18.4. The largest absolute Gasteiger partial charge is 0.494 e. The Labute approximate surface area is 188 Å². The number of halogens is 1. The van der Waals surface area contributed by atoms with Gasteiger partial charge in [0.1, 0.15) is 11.6 Å². The van der Waals surface area contributed by atoms with Crippen molar-refractivity contribution >= 4 is 33.4 Å². The van der Waals surface area contributed by atoms with E-state index in [0.717, 1.165) is 52.5 Å². The van der Waals surface area contributed by atoms with E-state index in [1.165, 1.54) is 37.7 Å². The second-order valence-electron chi connectivity index (χ2n) is 8.65. The smallest absolute Gasteiger partial charge is 0.140 e. The van der Waals surface area contributed by atoms with Gasteiger partial charge in [-0.3, -0.25) is 0 Å². The molecule has 1 fully saturated rings. The van der Waals surface area contributed by atoms with Crippen molar-refractivity contribution in [1.29, 1.82) is 0 Å². The zero-order chi connectivity index (χ0) is 21.2. The van der Waals surface area contributed by atoms with E-state index in [4.69, 9.17) is 21.3 Å². The summed E-state index contributed by atoms with van der Waals surface area (Å²) in [5, 5.41) is 2.97. The predicted octanol–water partition coefficient (Wildman–Crippen LogP) is 6.54. The third kappa shape index (κ3) is 4.41. The summed E-state index contributed by atoms with van der Waals surface area (Å²) in [5.41, 5.74) is 2.87. The maximum atomic E-state index is 6.61. The number of rotatable bonds is 6. The summed E-state index contributed by atoms with van der Waals surface area (Å²) in [6.07, 6.45) is 4.95. The number of aromatic amines is 1. The van der Waals surface area contributed by atoms with Gasteiger partial charge in [-0.25, -0.2) is 4.98 Å². The van der Waals surface area contributed by atoms with Crippen LogP contribution >= 0.6 is 11.6 Å². The summed E-state index contributed by atoms with van der Waals surface area (Å²) in [6.45, 7) is 3.18. The molecule has 1 N–H and O–H groups in total. The van der Waals surface area contributed by atoms with Crippen molar-refractivity contribution in [3.8, 4) is 17.1 Å². The van der Waals surface area contributed by atoms with Crippen molar-refractivity contribution in [1.82, 2.24) is 14.9 Å². The molecule has 1 aromatic heterocycles. The molecule has 0 radical (unpaired) electrons. The summed E-state index contributed by atoms with van der Waals surface area (Å²) in [5.74, 6) is 2.44. The van der Waals surface area contributed by atoms with Crippen molar-refractivity contribution in [2.45, 2.75) is 25.7 Å². The molecule has 31 heavy (non-hydrogen) atoms. The minimum Gasteiger partial charge on any atom is -0.494 e. The van der Waals surface area contributed by atoms with Gasteiger partial charge in [0.05, 0.1) is 22.7 Å². The average Bonchev–Trinajstić information content (AvgIpc) is 3.22. The monoisotopic (exact) mass is 433 g/mol. The molecule has 0 atom stereocenters. The Morgan fingerprint density at radius 3 is 2.77 bits per heavy atom. The first-order valence-electron chi connectivity index (χ1n) is 11.2. The van der Waals surface area contributed by atoms with Gasteiger partial charge in [0.25, 0.3) is 0 Å². The maximum Gasteiger partial charge on any atom is 0.140 e. The Morgan fingerprint density at radius 2 is 1.94 bits per heavy atom. The highest BCUT2D eigenvalue weighted by molar-refractivity contribution is 6.33. The summed E-state index contributed by atoms with van der Waals surface area (Å²) >= 11 is 6.61. The van der Waals surface area contributed by atoms with Crippen molar-refractivity contribution in [3.63, 3.8) is 0 Å². The number of ether oxygens (including phenoxy) is 1. The highest BCUT2D eigenvalue weighted by Crippen LogP contribution is 2.33. The molecular formula is C26H28ClN3O. The Kier molecular flexibility index (Phi) is 5.84. The molecule has 0 amide bonds. The van der Waals surface area contributed by atoms with Gasteiger partial charge in [-0.2, -0.15) is 0 Å². The molecule has 0 saturated carbocycles. The van der Waals surface area contributed by atoms with Crippen LogP contribution in [0.3, 0.4) is 0 Å². The van der Waals surface area contributed by atoms with Gasteiger partial charge >= 0.3 is 0 Å². The summed E-state index contributed by atoms with van der Waals surface area (Å²) in [4.78, 5) is 10.7. The lowest BCUT2D eigenvalue weighted by Gasteiger charge is -2.28. The van der Waals surface area contributed by atoms with Crippen molar-refractivity contribution < 1.29 is 4.74 Å². The van der Waals surface area contributed by atoms with E-state index in [9.17, 15) is 0 Å². The van der Waals surface area contributed by atoms with E-state index >= 15 is 0 Å². The summed E-state index contributed by atoms with van der Waals surface area (Å²) < 4.78 is 5.98. The molecule has 1 aliphatic heterocycles. The van der Waals surface area contributed by atoms with E-state index < -0.39 is 0 Å². The Morgan fingerprint density at radius 1 is 1.10 bits per heavy atom. The van der Waals surface area contributed by atoms with Crippen molar-refractivity contribution in [2.24, 2.45) is 5.92 Å². The van der Waals surface area contributed by atoms with E-state index in [1.807, 2.05) is 30.3 Å². The van der Waals surface area contributed by atoms with Crippen LogP contribution in [0.2, 0.25) is 5.02 Å². The Bertz CT molecular complexity index is 1190. The lowest BCUT2D eigenvalue weighted by atomic mass is 9.93. The van der Waals surface area contributed by atoms with Crippen LogP contribution in [0.15, 0.2) is 54.6 Å². The second kappa shape index (κ2) is 8.89. The molecule has 0 aliphatic carbocycles. The first-order valence-corrected chi connectivity index (χ1v) is 11.5. The Hall–Kier alpha value is -2.56. The SMILES string of the molecule is CN1CCC(CCCOc2ccc(-c3nc4c(ccc5ccccc54)[nH]3)c(Cl)c2)CC1. The number of piperidine rings is 1. The topological polar surface area (TPSA) is 41.1 Å². The molecular weight excluding hydrogens is 406 g/mol. The van der Waals surface area contributed by atoms with Gasteiger partial charge in [0.2, 0.25) is 0 Å². The first kappa shape index (κ1) is 20.3. The molecule has 2 heterocycles. The molecule has 4 aromatic rings. The third-order valence-electron chi connectivity index (χ3n) is 6.44. The van der Waals surface area contributed by atoms with E-state index in [1.54, 1.807) is 0 Å². The fourth-order valence-corrected chi connectivity index (χ4v) is 4.82. The highest BCUT2D eigenvalue weighted by Gasteiger charge is 2.16. The molecule has 5 rings (SSSR count). The number of fused-ring (bicyclic) bond motifs is 3. The van der Waals surface area contributed by atoms with Gasteiger partial charge in [-0.15, -0.1) is 0 Å². The molecule has 160 valence electrons. The minimum absolute atomic E-state index is 0.649. The number of nitrogens with one attached hydrogen (secondary N) is 1. The molecule has 1 aliphatic rings. The molecule has 0 bridgehead atoms. The van der Waals surface area contributed by atoms with Gasteiger partial charge in [0.15, 0.2) is 0 Å². The van der Waals surface area contributed by atoms with Crippen LogP contribution in [0, 0.1) is 5.92 Å². The quantitative estimate of drug-likeness (QED) is 0.351. The number of imidazole rings is 1. The van der Waals surface area contributed by atoms with Gasteiger partial charge < -0.3 is 14.6 Å². The number of nitrogens with zero attached hydrogens (tertiary/aromatic N) is 2. The molecule has 3 aromatic carbocycles. The normalized spacial score (nSPS) is 15.7. The lowest BCUT2D eigenvalue weighted by molar-refractivity contribution is 0.200. The average molecular weight is 434 g/mol. The van der Waals surface area contributed by atoms with E-state index in [0.29, 0.717) is 5.02 Å². The van der Waals surface area contributed by atoms with Crippen LogP contribution < -0.4 is 4.74 Å². The molecule has 0 unspecified atom stereocenters. The second-order valence-corrected chi connectivity index (χ2v) is 9.05. The molecule has 0 spiro atoms.